The Balaban J connectivity index is 1.59. The maximum absolute atomic E-state index is 12.8. The van der Waals surface area contributed by atoms with Crippen LogP contribution in [0, 0.1) is 37.5 Å². The van der Waals surface area contributed by atoms with Crippen LogP contribution in [0.15, 0.2) is 16.6 Å². The number of nitrogens with one attached hydrogen (secondary N) is 1. The molecule has 3 fully saturated rings. The third kappa shape index (κ3) is 1.94. The lowest BCUT2D eigenvalue weighted by atomic mass is 9.79. The molecule has 1 heterocycles. The van der Waals surface area contributed by atoms with E-state index in [0.717, 1.165) is 34.1 Å². The Morgan fingerprint density at radius 1 is 1.27 bits per heavy atom. The van der Waals surface area contributed by atoms with Gasteiger partial charge in [0.2, 0.25) is 5.91 Å². The minimum atomic E-state index is -0.223. The van der Waals surface area contributed by atoms with Crippen LogP contribution in [0.3, 0.4) is 0 Å². The number of carbonyl (C=O) groups is 2. The monoisotopic (exact) mass is 363 g/mol. The van der Waals surface area contributed by atoms with E-state index in [9.17, 15) is 9.59 Å². The van der Waals surface area contributed by atoms with Crippen molar-refractivity contribution < 1.29 is 14.3 Å². The van der Waals surface area contributed by atoms with Gasteiger partial charge in [-0.3, -0.25) is 9.59 Å². The first kappa shape index (κ1) is 14.2. The van der Waals surface area contributed by atoms with E-state index in [1.54, 1.807) is 0 Å². The van der Waals surface area contributed by atoms with E-state index in [-0.39, 0.29) is 35.7 Å². The van der Waals surface area contributed by atoms with Gasteiger partial charge in [-0.2, -0.15) is 0 Å². The fourth-order valence-electron chi connectivity index (χ4n) is 4.49. The van der Waals surface area contributed by atoms with Gasteiger partial charge in [-0.15, -0.1) is 0 Å². The smallest absolute Gasteiger partial charge is 0.310 e. The van der Waals surface area contributed by atoms with Crippen LogP contribution in [0.1, 0.15) is 24.0 Å². The molecule has 2 saturated carbocycles. The predicted molar refractivity (Wildman–Crippen MR) is 85.3 cm³/mol. The number of carbonyl (C=O) groups excluding carboxylic acids is 2. The van der Waals surface area contributed by atoms with E-state index < -0.39 is 0 Å². The fraction of sp³-hybridized carbons (Fsp3) is 0.529. The molecule has 116 valence electrons. The van der Waals surface area contributed by atoms with Crippen molar-refractivity contribution in [1.29, 1.82) is 0 Å². The third-order valence-electron chi connectivity index (χ3n) is 5.55. The van der Waals surface area contributed by atoms with Crippen LogP contribution < -0.4 is 5.32 Å². The Hall–Kier alpha value is -1.36. The summed E-state index contributed by atoms with van der Waals surface area (Å²) in [5.41, 5.74) is 2.92. The van der Waals surface area contributed by atoms with Crippen molar-refractivity contribution in [3.05, 3.63) is 27.7 Å². The lowest BCUT2D eigenvalue weighted by molar-refractivity contribution is -0.145. The number of hydrogen-bond acceptors (Lipinski definition) is 3. The zero-order chi connectivity index (χ0) is 15.6. The van der Waals surface area contributed by atoms with E-state index >= 15 is 0 Å². The SMILES string of the molecule is Cc1cc(NC(=O)[C@@H]2[C@@H]3C[C@@H]4[C@H]2C(=O)O[C@@H]4C3)c(C)cc1Br. The van der Waals surface area contributed by atoms with Gasteiger partial charge in [0.05, 0.1) is 11.8 Å². The first-order valence-electron chi connectivity index (χ1n) is 7.74. The van der Waals surface area contributed by atoms with E-state index in [1.165, 1.54) is 0 Å². The maximum atomic E-state index is 12.8. The molecule has 1 aromatic carbocycles. The molecule has 0 aromatic heterocycles. The molecule has 2 bridgehead atoms. The van der Waals surface area contributed by atoms with Gasteiger partial charge < -0.3 is 10.1 Å². The lowest BCUT2D eigenvalue weighted by Crippen LogP contribution is -2.36. The van der Waals surface area contributed by atoms with Gasteiger partial charge in [-0.1, -0.05) is 15.9 Å². The van der Waals surface area contributed by atoms with E-state index in [2.05, 4.69) is 21.2 Å². The van der Waals surface area contributed by atoms with Crippen molar-refractivity contribution in [3.63, 3.8) is 0 Å². The Bertz CT molecular complexity index is 685. The van der Waals surface area contributed by atoms with E-state index in [0.29, 0.717) is 5.92 Å². The number of anilines is 1. The second-order valence-electron chi connectivity index (χ2n) is 6.83. The third-order valence-corrected chi connectivity index (χ3v) is 6.40. The second kappa shape index (κ2) is 4.82. The standard InChI is InChI=1S/C17H18BrNO3/c1-7-4-12(8(2)3-11(7)18)19-16(20)14-9-5-10-13(6-9)22-17(21)15(10)14/h3-4,9-10,13-15H,5-6H2,1-2H3,(H,19,20)/t9-,10+,13-,14-,15-/m1/s1. The molecule has 5 atom stereocenters. The van der Waals surface area contributed by atoms with E-state index in [1.807, 2.05) is 26.0 Å². The van der Waals surface area contributed by atoms with Crippen molar-refractivity contribution in [2.75, 3.05) is 5.32 Å². The van der Waals surface area contributed by atoms with Crippen LogP contribution >= 0.6 is 15.9 Å². The molecular formula is C17H18BrNO3. The number of esters is 1. The number of halogens is 1. The number of hydrogen-bond donors (Lipinski definition) is 1. The Morgan fingerprint density at radius 2 is 2.05 bits per heavy atom. The Morgan fingerprint density at radius 3 is 2.82 bits per heavy atom. The number of amides is 1. The molecule has 2 aliphatic carbocycles. The normalized spacial score (nSPS) is 34.9. The highest BCUT2D eigenvalue weighted by Crippen LogP contribution is 2.57. The summed E-state index contributed by atoms with van der Waals surface area (Å²) >= 11 is 3.50. The van der Waals surface area contributed by atoms with E-state index in [4.69, 9.17) is 4.74 Å². The first-order valence-corrected chi connectivity index (χ1v) is 8.53. The minimum Gasteiger partial charge on any atom is -0.462 e. The summed E-state index contributed by atoms with van der Waals surface area (Å²) in [7, 11) is 0. The molecule has 5 heteroatoms. The molecule has 1 aromatic rings. The highest BCUT2D eigenvalue weighted by Gasteiger charge is 2.63. The van der Waals surface area contributed by atoms with Gasteiger partial charge in [-0.25, -0.2) is 0 Å². The van der Waals surface area contributed by atoms with Gasteiger partial charge in [0.1, 0.15) is 6.10 Å². The molecule has 22 heavy (non-hydrogen) atoms. The van der Waals surface area contributed by atoms with Crippen LogP contribution in [-0.2, 0) is 14.3 Å². The summed E-state index contributed by atoms with van der Waals surface area (Å²) in [6.07, 6.45) is 1.88. The molecule has 1 aliphatic heterocycles. The van der Waals surface area contributed by atoms with Crippen molar-refractivity contribution in [2.24, 2.45) is 23.7 Å². The van der Waals surface area contributed by atoms with Crippen LogP contribution in [0.4, 0.5) is 5.69 Å². The molecule has 1 saturated heterocycles. The summed E-state index contributed by atoms with van der Waals surface area (Å²) in [5, 5.41) is 3.04. The van der Waals surface area contributed by atoms with Crippen molar-refractivity contribution in [3.8, 4) is 0 Å². The molecule has 1 N–H and O–H groups in total. The zero-order valence-corrected chi connectivity index (χ0v) is 14.1. The molecule has 1 amide bonds. The topological polar surface area (TPSA) is 55.4 Å². The molecule has 4 rings (SSSR count). The molecule has 0 radical (unpaired) electrons. The quantitative estimate of drug-likeness (QED) is 0.820. The number of rotatable bonds is 2. The number of benzene rings is 1. The summed E-state index contributed by atoms with van der Waals surface area (Å²) in [6.45, 7) is 3.97. The highest BCUT2D eigenvalue weighted by atomic mass is 79.9. The summed E-state index contributed by atoms with van der Waals surface area (Å²) in [6, 6.07) is 3.98. The summed E-state index contributed by atoms with van der Waals surface area (Å²) in [5.74, 6) is -0.0806. The average Bonchev–Trinajstić information content (AvgIpc) is 3.05. The Labute approximate surface area is 137 Å². The van der Waals surface area contributed by atoms with Crippen LogP contribution in [0.2, 0.25) is 0 Å². The average molecular weight is 364 g/mol. The molecular weight excluding hydrogens is 346 g/mol. The predicted octanol–water partition coefficient (Wildman–Crippen LogP) is 3.20. The van der Waals surface area contributed by atoms with Gasteiger partial charge in [0.25, 0.3) is 0 Å². The summed E-state index contributed by atoms with van der Waals surface area (Å²) < 4.78 is 6.44. The largest absolute Gasteiger partial charge is 0.462 e. The zero-order valence-electron chi connectivity index (χ0n) is 12.6. The molecule has 0 spiro atoms. The van der Waals surface area contributed by atoms with Gasteiger partial charge in [-0.05, 0) is 55.9 Å². The van der Waals surface area contributed by atoms with Crippen molar-refractivity contribution in [2.45, 2.75) is 32.8 Å². The maximum Gasteiger partial charge on any atom is 0.310 e. The minimum absolute atomic E-state index is 0.0281. The number of ether oxygens (including phenoxy) is 1. The Kier molecular flexibility index (Phi) is 3.12. The summed E-state index contributed by atoms with van der Waals surface area (Å²) in [4.78, 5) is 24.8. The van der Waals surface area contributed by atoms with Gasteiger partial charge >= 0.3 is 5.97 Å². The molecule has 3 aliphatic rings. The van der Waals surface area contributed by atoms with Gasteiger partial charge in [0.15, 0.2) is 0 Å². The van der Waals surface area contributed by atoms with Crippen molar-refractivity contribution >= 4 is 33.5 Å². The molecule has 4 nitrogen and oxygen atoms in total. The lowest BCUT2D eigenvalue weighted by Gasteiger charge is -2.24. The second-order valence-corrected chi connectivity index (χ2v) is 7.68. The first-order chi connectivity index (χ1) is 10.5. The highest BCUT2D eigenvalue weighted by molar-refractivity contribution is 9.10. The number of fused-ring (bicyclic) bond motifs is 1. The van der Waals surface area contributed by atoms with Gasteiger partial charge in [0, 0.05) is 16.1 Å². The fourth-order valence-corrected chi connectivity index (χ4v) is 4.95. The van der Waals surface area contributed by atoms with Crippen molar-refractivity contribution in [1.82, 2.24) is 0 Å². The van der Waals surface area contributed by atoms with Crippen LogP contribution in [-0.4, -0.2) is 18.0 Å². The number of aryl methyl sites for hydroxylation is 2. The van der Waals surface area contributed by atoms with Crippen LogP contribution in [0.5, 0.6) is 0 Å². The van der Waals surface area contributed by atoms with Crippen LogP contribution in [0.25, 0.3) is 0 Å². The molecule has 0 unspecified atom stereocenters.